The van der Waals surface area contributed by atoms with E-state index in [2.05, 4.69) is 42.5 Å². The first-order chi connectivity index (χ1) is 16.8. The molecule has 2 heteroatoms. The Morgan fingerprint density at radius 1 is 0.941 bits per heavy atom. The van der Waals surface area contributed by atoms with E-state index in [-0.39, 0.29) is 2.85 Å². The minimum atomic E-state index is 0. The lowest BCUT2D eigenvalue weighted by molar-refractivity contribution is -0.125. The Balaban J connectivity index is 0.00000111. The number of nitrogens with zero attached hydrogens (tertiary/aromatic N) is 1. The summed E-state index contributed by atoms with van der Waals surface area (Å²) in [6.45, 7) is 4.00. The first kappa shape index (κ1) is 24.9. The smallest absolute Gasteiger partial charge is 0.135 e. The van der Waals surface area contributed by atoms with E-state index >= 15 is 0 Å². The van der Waals surface area contributed by atoms with Crippen LogP contribution in [0.3, 0.4) is 0 Å². The molecule has 2 saturated carbocycles. The Morgan fingerprint density at radius 3 is 2.38 bits per heavy atom. The molecule has 1 aromatic carbocycles. The molecular weight excluding hydrogens is 414 g/mol. The molecule has 1 heterocycles. The Kier molecular flexibility index (Phi) is 9.13. The molecule has 0 radical (unpaired) electrons. The second-order valence-electron chi connectivity index (χ2n) is 10.3. The Morgan fingerprint density at radius 2 is 1.74 bits per heavy atom. The monoisotopic (exact) mass is 461 g/mol. The van der Waals surface area contributed by atoms with Gasteiger partial charge in [-0.15, -0.1) is 0 Å². The van der Waals surface area contributed by atoms with Crippen LogP contribution in [0.4, 0.5) is 0 Å². The Hall–Kier alpha value is -2.22. The van der Waals surface area contributed by atoms with Crippen molar-refractivity contribution in [1.29, 1.82) is 0 Å². The lowest BCUT2D eigenvalue weighted by atomic mass is 9.80. The SMILES string of the molecule is CC.O=C(CCCCCc1nc(Cc2ccc(C3=CCCC3)cc2)ccc1C1CC1)C1CCC1.[HH].[HH]. The second kappa shape index (κ2) is 12.5. The molecule has 5 rings (SSSR count). The highest BCUT2D eigenvalue weighted by atomic mass is 16.1. The Bertz CT molecular complexity index is 974. The molecule has 0 aliphatic heterocycles. The lowest BCUT2D eigenvalue weighted by Gasteiger charge is -2.23. The largest absolute Gasteiger partial charge is 0.299 e. The minimum absolute atomic E-state index is 0. The summed E-state index contributed by atoms with van der Waals surface area (Å²) in [5, 5.41) is 0. The number of benzene rings is 1. The normalized spacial score (nSPS) is 17.5. The highest BCUT2D eigenvalue weighted by Crippen LogP contribution is 2.41. The van der Waals surface area contributed by atoms with Crippen LogP contribution in [0.5, 0.6) is 0 Å². The van der Waals surface area contributed by atoms with E-state index in [1.165, 1.54) is 72.2 Å². The molecule has 0 N–H and O–H groups in total. The summed E-state index contributed by atoms with van der Waals surface area (Å²) in [5.41, 5.74) is 8.25. The van der Waals surface area contributed by atoms with Gasteiger partial charge in [0.05, 0.1) is 0 Å². The topological polar surface area (TPSA) is 30.0 Å². The molecule has 2 nitrogen and oxygen atoms in total. The first-order valence-corrected chi connectivity index (χ1v) is 14.1. The number of carbonyl (C=O) groups is 1. The number of aryl methyl sites for hydroxylation is 1. The van der Waals surface area contributed by atoms with Crippen molar-refractivity contribution in [2.45, 2.75) is 110 Å². The fourth-order valence-electron chi connectivity index (χ4n) is 5.30. The third-order valence-electron chi connectivity index (χ3n) is 7.73. The van der Waals surface area contributed by atoms with Crippen molar-refractivity contribution >= 4 is 11.4 Å². The average molecular weight is 462 g/mol. The van der Waals surface area contributed by atoms with Gasteiger partial charge in [-0.25, -0.2) is 0 Å². The summed E-state index contributed by atoms with van der Waals surface area (Å²) in [4.78, 5) is 17.2. The van der Waals surface area contributed by atoms with E-state index in [0.717, 1.165) is 57.3 Å². The van der Waals surface area contributed by atoms with Crippen molar-refractivity contribution in [1.82, 2.24) is 4.98 Å². The zero-order chi connectivity index (χ0) is 23.8. The van der Waals surface area contributed by atoms with Crippen LogP contribution in [0.25, 0.3) is 5.57 Å². The molecule has 3 aliphatic carbocycles. The van der Waals surface area contributed by atoms with Gasteiger partial charge in [0.25, 0.3) is 0 Å². The molecule has 2 fully saturated rings. The number of rotatable bonds is 11. The third kappa shape index (κ3) is 6.68. The maximum absolute atomic E-state index is 12.1. The van der Waals surface area contributed by atoms with E-state index in [1.807, 2.05) is 13.8 Å². The molecule has 1 aromatic heterocycles. The number of allylic oxidation sites excluding steroid dienone is 2. The van der Waals surface area contributed by atoms with Crippen molar-refractivity contribution in [3.05, 3.63) is 70.6 Å². The zero-order valence-electron chi connectivity index (χ0n) is 21.5. The number of hydrogen-bond acceptors (Lipinski definition) is 2. The summed E-state index contributed by atoms with van der Waals surface area (Å²) in [5.74, 6) is 1.66. The molecule has 0 amide bonds. The lowest BCUT2D eigenvalue weighted by Crippen LogP contribution is -2.21. The van der Waals surface area contributed by atoms with E-state index in [4.69, 9.17) is 4.98 Å². The van der Waals surface area contributed by atoms with Crippen LogP contribution in [0.2, 0.25) is 0 Å². The molecular formula is C32H47NO. The molecule has 2 aromatic rings. The van der Waals surface area contributed by atoms with Crippen LogP contribution in [0.15, 0.2) is 42.5 Å². The second-order valence-corrected chi connectivity index (χ2v) is 10.3. The zero-order valence-corrected chi connectivity index (χ0v) is 21.5. The van der Waals surface area contributed by atoms with E-state index in [0.29, 0.717) is 11.7 Å². The van der Waals surface area contributed by atoms with Crippen molar-refractivity contribution in [2.75, 3.05) is 0 Å². The van der Waals surface area contributed by atoms with Crippen molar-refractivity contribution < 1.29 is 7.65 Å². The van der Waals surface area contributed by atoms with Gasteiger partial charge >= 0.3 is 0 Å². The fraction of sp³-hybridized carbons (Fsp3) is 0.562. The molecule has 186 valence electrons. The minimum Gasteiger partial charge on any atom is -0.299 e. The number of pyridine rings is 1. The van der Waals surface area contributed by atoms with Gasteiger partial charge in [0.2, 0.25) is 0 Å². The van der Waals surface area contributed by atoms with Crippen LogP contribution < -0.4 is 0 Å². The van der Waals surface area contributed by atoms with Crippen molar-refractivity contribution in [3.8, 4) is 0 Å². The van der Waals surface area contributed by atoms with Crippen LogP contribution in [0, 0.1) is 5.92 Å². The molecule has 0 spiro atoms. The predicted molar refractivity (Wildman–Crippen MR) is 147 cm³/mol. The van der Waals surface area contributed by atoms with Crippen molar-refractivity contribution in [2.24, 2.45) is 5.92 Å². The van der Waals surface area contributed by atoms with Gasteiger partial charge in [0.1, 0.15) is 5.78 Å². The molecule has 3 aliphatic rings. The van der Waals surface area contributed by atoms with Crippen LogP contribution >= 0.6 is 0 Å². The number of ketones is 1. The Labute approximate surface area is 210 Å². The van der Waals surface area contributed by atoms with Crippen LogP contribution in [-0.2, 0) is 17.6 Å². The summed E-state index contributed by atoms with van der Waals surface area (Å²) in [7, 11) is 0. The van der Waals surface area contributed by atoms with Gasteiger partial charge in [0.15, 0.2) is 0 Å². The third-order valence-corrected chi connectivity index (χ3v) is 7.73. The summed E-state index contributed by atoms with van der Waals surface area (Å²) >= 11 is 0. The maximum atomic E-state index is 12.1. The number of hydrogen-bond donors (Lipinski definition) is 0. The van der Waals surface area contributed by atoms with E-state index in [1.54, 1.807) is 0 Å². The van der Waals surface area contributed by atoms with Gasteiger partial charge < -0.3 is 0 Å². The maximum Gasteiger partial charge on any atom is 0.135 e. The van der Waals surface area contributed by atoms with Crippen LogP contribution in [0.1, 0.15) is 128 Å². The first-order valence-electron chi connectivity index (χ1n) is 14.1. The quantitative estimate of drug-likeness (QED) is 0.312. The number of carbonyl (C=O) groups excluding carboxylic acids is 1. The van der Waals surface area contributed by atoms with Crippen molar-refractivity contribution in [3.63, 3.8) is 0 Å². The van der Waals surface area contributed by atoms with Gasteiger partial charge in [-0.2, -0.15) is 0 Å². The molecule has 0 unspecified atom stereocenters. The van der Waals surface area contributed by atoms with Gasteiger partial charge in [-0.1, -0.05) is 63.1 Å². The van der Waals surface area contributed by atoms with Crippen LogP contribution in [-0.4, -0.2) is 10.8 Å². The average Bonchev–Trinajstić information content (AvgIpc) is 3.52. The number of Topliss-reactive ketones (excluding diaryl/α,β-unsaturated/α-hetero) is 1. The number of aromatic nitrogens is 1. The van der Waals surface area contributed by atoms with Gasteiger partial charge in [-0.3, -0.25) is 9.78 Å². The highest BCUT2D eigenvalue weighted by molar-refractivity contribution is 5.81. The predicted octanol–water partition coefficient (Wildman–Crippen LogP) is 9.11. The summed E-state index contributed by atoms with van der Waals surface area (Å²) in [6, 6.07) is 13.7. The van der Waals surface area contributed by atoms with E-state index < -0.39 is 0 Å². The molecule has 34 heavy (non-hydrogen) atoms. The van der Waals surface area contributed by atoms with Gasteiger partial charge in [-0.05, 0) is 98.5 Å². The molecule has 0 bridgehead atoms. The summed E-state index contributed by atoms with van der Waals surface area (Å²) < 4.78 is 0. The number of unbranched alkanes of at least 4 members (excludes halogenated alkanes) is 2. The van der Waals surface area contributed by atoms with Gasteiger partial charge in [0, 0.05) is 33.0 Å². The van der Waals surface area contributed by atoms with E-state index in [9.17, 15) is 4.79 Å². The highest BCUT2D eigenvalue weighted by Gasteiger charge is 2.27. The standard InChI is InChI=1S/C30H37NO.C2H6.2H2/c32-30(26-9-6-10-26)12-3-1-2-11-29-28(25-17-18-25)20-19-27(31-29)21-22-13-15-24(16-14-22)23-7-4-5-8-23;1-2;;/h7,13-16,19-20,25-26H,1-6,8-12,17-18,21H2;1-2H3;2*1H. The fourth-order valence-corrected chi connectivity index (χ4v) is 5.30. The summed E-state index contributed by atoms with van der Waals surface area (Å²) in [6.07, 6.45) is 18.4. The molecule has 0 saturated heterocycles. The molecule has 0 atom stereocenters.